The molecule has 0 unspecified atom stereocenters. The molecular formula is C36H42N4O7. The number of nitrogens with zero attached hydrogens (tertiary/aromatic N) is 2. The van der Waals surface area contributed by atoms with E-state index in [0.717, 1.165) is 50.7 Å². The van der Waals surface area contributed by atoms with Gasteiger partial charge in [-0.2, -0.15) is 0 Å². The number of aliphatic hydroxyl groups is 1. The summed E-state index contributed by atoms with van der Waals surface area (Å²) in [6.45, 7) is 9.75. The molecule has 8 bridgehead atoms. The highest BCUT2D eigenvalue weighted by molar-refractivity contribution is 6.25. The van der Waals surface area contributed by atoms with Crippen LogP contribution in [-0.2, 0) is 48.0 Å². The van der Waals surface area contributed by atoms with Gasteiger partial charge in [0.2, 0.25) is 0 Å². The van der Waals surface area contributed by atoms with Crippen molar-refractivity contribution in [1.82, 2.24) is 19.9 Å². The molecule has 0 saturated heterocycles. The number of rotatable bonds is 8. The number of nitrogens with one attached hydrogen (secondary N) is 2. The lowest BCUT2D eigenvalue weighted by molar-refractivity contribution is -0.141. The number of hydrogen-bond acceptors (Lipinski definition) is 9. The molecule has 11 heteroatoms. The van der Waals surface area contributed by atoms with E-state index >= 15 is 0 Å². The van der Waals surface area contributed by atoms with Crippen molar-refractivity contribution < 1.29 is 33.7 Å². The van der Waals surface area contributed by atoms with E-state index in [4.69, 9.17) is 24.2 Å². The van der Waals surface area contributed by atoms with Gasteiger partial charge >= 0.3 is 17.9 Å². The molecule has 11 nitrogen and oxygen atoms in total. The topological polar surface area (TPSA) is 156 Å². The molecule has 5 rings (SSSR count). The molecule has 0 fully saturated rings. The summed E-state index contributed by atoms with van der Waals surface area (Å²) in [5.41, 5.74) is 10.4. The van der Waals surface area contributed by atoms with E-state index in [-0.39, 0.29) is 42.8 Å². The van der Waals surface area contributed by atoms with E-state index in [9.17, 15) is 19.5 Å². The summed E-state index contributed by atoms with van der Waals surface area (Å²) in [6.07, 6.45) is 1.05. The quantitative estimate of drug-likeness (QED) is 0.209. The van der Waals surface area contributed by atoms with Crippen LogP contribution in [-0.4, -0.2) is 64.3 Å². The first-order chi connectivity index (χ1) is 22.5. The number of allylic oxidation sites excluding steroid dienone is 1. The fourth-order valence-corrected chi connectivity index (χ4v) is 6.75. The highest BCUT2D eigenvalue weighted by Crippen LogP contribution is 2.44. The van der Waals surface area contributed by atoms with Gasteiger partial charge in [0.05, 0.1) is 57.0 Å². The van der Waals surface area contributed by atoms with Crippen molar-refractivity contribution >= 4 is 51.1 Å². The van der Waals surface area contributed by atoms with Crippen LogP contribution in [0.2, 0.25) is 0 Å². The molecular weight excluding hydrogens is 600 g/mol. The van der Waals surface area contributed by atoms with Crippen molar-refractivity contribution in [3.8, 4) is 0 Å². The van der Waals surface area contributed by atoms with Crippen LogP contribution in [0.5, 0.6) is 0 Å². The number of carbonyl (C=O) groups excluding carboxylic acids is 3. The van der Waals surface area contributed by atoms with Crippen LogP contribution in [0.4, 0.5) is 0 Å². The molecule has 3 aromatic heterocycles. The van der Waals surface area contributed by atoms with E-state index in [0.29, 0.717) is 40.3 Å². The van der Waals surface area contributed by atoms with Crippen molar-refractivity contribution in [2.75, 3.05) is 21.3 Å². The molecule has 0 amide bonds. The minimum Gasteiger partial charge on any atom is -0.469 e. The Morgan fingerprint density at radius 1 is 0.830 bits per heavy atom. The third kappa shape index (κ3) is 6.07. The molecule has 0 aromatic carbocycles. The van der Waals surface area contributed by atoms with Gasteiger partial charge in [-0.15, -0.1) is 0 Å². The molecule has 0 aliphatic carbocycles. The lowest BCUT2D eigenvalue weighted by atomic mass is 9.84. The number of aliphatic hydroxyl groups excluding tert-OH is 1. The van der Waals surface area contributed by atoms with Gasteiger partial charge in [-0.25, -0.2) is 9.78 Å². The Balaban J connectivity index is 2.02. The molecule has 2 atom stereocenters. The van der Waals surface area contributed by atoms with Crippen LogP contribution in [0.25, 0.3) is 33.2 Å². The van der Waals surface area contributed by atoms with Crippen molar-refractivity contribution in [3.63, 3.8) is 0 Å². The number of esters is 3. The summed E-state index contributed by atoms with van der Waals surface area (Å²) in [7, 11) is 3.96. The molecule has 47 heavy (non-hydrogen) atoms. The van der Waals surface area contributed by atoms with Gasteiger partial charge in [0, 0.05) is 57.1 Å². The molecule has 5 heterocycles. The van der Waals surface area contributed by atoms with Gasteiger partial charge < -0.3 is 29.3 Å². The standard InChI is InChI=1S/C36H42N4O7/c1-9-21-17(2)26-14-30-24(16-41)19(4)25(38-30)13-27-18(3)22(10-11-31(42)45-6)34(39-27)23(12-32(43)46-7)35-33(36(44)47-8)20(5)28(40-35)15-29(21)37-26/h13-15,18,22,37-38,41H,9-12,16H2,1-8H3/t18-,22-/m0/s1. The summed E-state index contributed by atoms with van der Waals surface area (Å²) in [4.78, 5) is 55.9. The van der Waals surface area contributed by atoms with Crippen LogP contribution in [0.1, 0.15) is 96.0 Å². The summed E-state index contributed by atoms with van der Waals surface area (Å²) in [5, 5.41) is 10.4. The Hall–Kier alpha value is -4.77. The first-order valence-corrected chi connectivity index (χ1v) is 15.8. The Labute approximate surface area is 273 Å². The zero-order valence-electron chi connectivity index (χ0n) is 28.2. The van der Waals surface area contributed by atoms with Crippen molar-refractivity contribution in [1.29, 1.82) is 0 Å². The summed E-state index contributed by atoms with van der Waals surface area (Å²) >= 11 is 0. The predicted octanol–water partition coefficient (Wildman–Crippen LogP) is 5.65. The minimum absolute atomic E-state index is 0.128. The lowest BCUT2D eigenvalue weighted by Crippen LogP contribution is -2.15. The molecule has 3 N–H and O–H groups in total. The fourth-order valence-electron chi connectivity index (χ4n) is 6.75. The van der Waals surface area contributed by atoms with E-state index in [1.54, 1.807) is 0 Å². The zero-order valence-corrected chi connectivity index (χ0v) is 28.2. The van der Waals surface area contributed by atoms with Gasteiger partial charge in [-0.3, -0.25) is 14.6 Å². The monoisotopic (exact) mass is 642 g/mol. The predicted molar refractivity (Wildman–Crippen MR) is 178 cm³/mol. The van der Waals surface area contributed by atoms with Crippen LogP contribution < -0.4 is 0 Å². The third-order valence-corrected chi connectivity index (χ3v) is 9.60. The van der Waals surface area contributed by atoms with E-state index < -0.39 is 11.9 Å². The summed E-state index contributed by atoms with van der Waals surface area (Å²) < 4.78 is 15.3. The highest BCUT2D eigenvalue weighted by Gasteiger charge is 2.36. The SMILES string of the molecule is CCc1c(C)c2cc3[nH]c(cc4nc(c(CC(=O)OC)c5nc(cc1[nH]2)C(C)=C5C(=O)OC)[C@@H](CCC(=O)OC)[C@@H]4C)c(C)c3CO. The number of aryl methyl sites for hydroxylation is 3. The third-order valence-electron chi connectivity index (χ3n) is 9.60. The van der Waals surface area contributed by atoms with E-state index in [2.05, 4.69) is 16.9 Å². The first kappa shape index (κ1) is 33.6. The summed E-state index contributed by atoms with van der Waals surface area (Å²) in [5.74, 6) is -1.98. The second-order valence-corrected chi connectivity index (χ2v) is 12.1. The van der Waals surface area contributed by atoms with Crippen LogP contribution >= 0.6 is 0 Å². The normalized spacial score (nSPS) is 15.9. The van der Waals surface area contributed by atoms with Gasteiger partial charge in [-0.05, 0) is 74.1 Å². The number of carbonyl (C=O) groups is 3. The number of fused-ring (bicyclic) bond motifs is 8. The van der Waals surface area contributed by atoms with Crippen LogP contribution in [0.15, 0.2) is 18.2 Å². The van der Waals surface area contributed by atoms with Crippen molar-refractivity contribution in [2.45, 2.75) is 78.7 Å². The highest BCUT2D eigenvalue weighted by atomic mass is 16.5. The zero-order chi connectivity index (χ0) is 34.2. The number of aromatic nitrogens is 4. The maximum atomic E-state index is 13.4. The fraction of sp³-hybridized carbons (Fsp3) is 0.417. The Morgan fingerprint density at radius 2 is 1.47 bits per heavy atom. The number of hydrogen-bond donors (Lipinski definition) is 3. The smallest absolute Gasteiger partial charge is 0.340 e. The molecule has 248 valence electrons. The molecule has 0 spiro atoms. The minimum atomic E-state index is -0.586. The van der Waals surface area contributed by atoms with E-state index in [1.807, 2.05) is 45.9 Å². The second-order valence-electron chi connectivity index (χ2n) is 12.1. The number of ether oxygens (including phenoxy) is 3. The molecule has 0 saturated carbocycles. The number of aromatic amines is 2. The Morgan fingerprint density at radius 3 is 2.09 bits per heavy atom. The van der Waals surface area contributed by atoms with Crippen LogP contribution in [0.3, 0.4) is 0 Å². The number of H-pyrrole nitrogens is 2. The number of methoxy groups -OCH3 is 3. The molecule has 2 aliphatic heterocycles. The Kier molecular flexibility index (Phi) is 9.67. The van der Waals surface area contributed by atoms with Gasteiger partial charge in [0.25, 0.3) is 0 Å². The van der Waals surface area contributed by atoms with E-state index in [1.165, 1.54) is 21.3 Å². The average molecular weight is 643 g/mol. The molecule has 0 radical (unpaired) electrons. The van der Waals surface area contributed by atoms with Gasteiger partial charge in [0.1, 0.15) is 0 Å². The molecule has 2 aliphatic rings. The lowest BCUT2D eigenvalue weighted by Gasteiger charge is -2.18. The van der Waals surface area contributed by atoms with Crippen molar-refractivity contribution in [3.05, 3.63) is 68.8 Å². The van der Waals surface area contributed by atoms with Gasteiger partial charge in [0.15, 0.2) is 0 Å². The maximum Gasteiger partial charge on any atom is 0.340 e. The van der Waals surface area contributed by atoms with Crippen molar-refractivity contribution in [2.24, 2.45) is 0 Å². The summed E-state index contributed by atoms with van der Waals surface area (Å²) in [6, 6.07) is 5.86. The second kappa shape index (κ2) is 13.5. The average Bonchev–Trinajstić information content (AvgIpc) is 3.74. The largest absolute Gasteiger partial charge is 0.469 e. The van der Waals surface area contributed by atoms with Gasteiger partial charge in [-0.1, -0.05) is 13.8 Å². The Bertz CT molecular complexity index is 1970. The van der Waals surface area contributed by atoms with Crippen LogP contribution in [0, 0.1) is 13.8 Å². The molecule has 3 aromatic rings. The first-order valence-electron chi connectivity index (χ1n) is 15.8. The maximum absolute atomic E-state index is 13.4.